The Morgan fingerprint density at radius 1 is 0.548 bits per heavy atom. The van der Waals surface area contributed by atoms with Gasteiger partial charge in [-0.3, -0.25) is 0 Å². The molecule has 4 nitrogen and oxygen atoms in total. The molecule has 9 heteroatoms. The van der Waals surface area contributed by atoms with Gasteiger partial charge >= 0.3 is 25.7 Å². The van der Waals surface area contributed by atoms with E-state index < -0.39 is 42.3 Å². The topological polar surface area (TPSA) is 36.9 Å². The van der Waals surface area contributed by atoms with E-state index >= 15 is 0 Å². The molecule has 188 valence electrons. The highest BCUT2D eigenvalue weighted by atomic mass is 28.5. The lowest BCUT2D eigenvalue weighted by atomic mass is 10.0. The molecule has 0 aromatic carbocycles. The van der Waals surface area contributed by atoms with Crippen LogP contribution >= 0.6 is 0 Å². The van der Waals surface area contributed by atoms with Crippen LogP contribution < -0.4 is 0 Å². The largest absolute Gasteiger partial charge is 0.437 e. The molecular formula is C22H56O4Si5. The minimum atomic E-state index is -2.35. The Balaban J connectivity index is 4.88. The first kappa shape index (κ1) is 31.9. The lowest BCUT2D eigenvalue weighted by Gasteiger charge is -2.42. The molecule has 0 bridgehead atoms. The van der Waals surface area contributed by atoms with Crippen molar-refractivity contribution in [2.75, 3.05) is 0 Å². The number of hydrogen-bond acceptors (Lipinski definition) is 4. The first-order valence-corrected chi connectivity index (χ1v) is 27.6. The third-order valence-electron chi connectivity index (χ3n) is 5.05. The van der Waals surface area contributed by atoms with Crippen LogP contribution in [0.15, 0.2) is 0 Å². The second kappa shape index (κ2) is 13.1. The summed E-state index contributed by atoms with van der Waals surface area (Å²) in [4.78, 5) is 0. The molecule has 2 atom stereocenters. The van der Waals surface area contributed by atoms with E-state index in [1.54, 1.807) is 0 Å². The summed E-state index contributed by atoms with van der Waals surface area (Å²) < 4.78 is 26.7. The predicted molar refractivity (Wildman–Crippen MR) is 150 cm³/mol. The molecule has 0 aliphatic carbocycles. The maximum atomic E-state index is 6.86. The van der Waals surface area contributed by atoms with Gasteiger partial charge in [0.2, 0.25) is 0 Å². The zero-order chi connectivity index (χ0) is 24.6. The van der Waals surface area contributed by atoms with Gasteiger partial charge in [0.25, 0.3) is 0 Å². The van der Waals surface area contributed by atoms with Crippen molar-refractivity contribution in [3.8, 4) is 0 Å². The van der Waals surface area contributed by atoms with E-state index in [1.165, 1.54) is 44.9 Å². The van der Waals surface area contributed by atoms with Crippen molar-refractivity contribution in [3.05, 3.63) is 0 Å². The van der Waals surface area contributed by atoms with Gasteiger partial charge < -0.3 is 16.5 Å². The SMILES string of the molecule is CCC(C)CCCCCCC[Si](C)(O[Si](C)(C)C)O[Si](C)(C)O[Si](C)(C)O[Si](C)(C)C. The van der Waals surface area contributed by atoms with Crippen molar-refractivity contribution in [1.29, 1.82) is 0 Å². The van der Waals surface area contributed by atoms with Gasteiger partial charge in [-0.1, -0.05) is 58.8 Å². The molecule has 0 saturated heterocycles. The summed E-state index contributed by atoms with van der Waals surface area (Å²) in [5, 5.41) is 0. The fraction of sp³-hybridized carbons (Fsp3) is 1.00. The molecule has 0 aliphatic rings. The molecule has 0 heterocycles. The number of hydrogen-bond donors (Lipinski definition) is 0. The molecular weight excluding hydrogens is 469 g/mol. The fourth-order valence-electron chi connectivity index (χ4n) is 4.33. The summed E-state index contributed by atoms with van der Waals surface area (Å²) in [5.41, 5.74) is 0. The summed E-state index contributed by atoms with van der Waals surface area (Å²) in [7, 11) is -10.2. The first-order valence-electron chi connectivity index (χ1n) is 12.6. The van der Waals surface area contributed by atoms with Crippen molar-refractivity contribution in [2.45, 2.75) is 137 Å². The van der Waals surface area contributed by atoms with E-state index in [1.807, 2.05) is 0 Å². The molecule has 0 spiro atoms. The summed E-state index contributed by atoms with van der Waals surface area (Å²) >= 11 is 0. The summed E-state index contributed by atoms with van der Waals surface area (Å²) in [5.74, 6) is 0.874. The second-order valence-corrected chi connectivity index (χ2v) is 32.5. The minimum Gasteiger partial charge on any atom is -0.437 e. The van der Waals surface area contributed by atoms with Crippen molar-refractivity contribution in [2.24, 2.45) is 5.92 Å². The standard InChI is InChI=1S/C22H56O4Si5/c1-14-22(2)20-18-16-15-17-19-21-31(13,24-28(6,7)8)26-30(11,12)25-29(9,10)23-27(3,4)5/h22H,14-21H2,1-13H3. The lowest BCUT2D eigenvalue weighted by molar-refractivity contribution is 0.294. The van der Waals surface area contributed by atoms with E-state index in [0.29, 0.717) is 0 Å². The molecule has 0 aliphatic heterocycles. The molecule has 2 unspecified atom stereocenters. The Bertz CT molecular complexity index is 503. The summed E-state index contributed by atoms with van der Waals surface area (Å²) in [6.45, 7) is 29.2. The summed E-state index contributed by atoms with van der Waals surface area (Å²) in [6.07, 6.45) is 9.22. The number of unbranched alkanes of at least 4 members (excludes halogenated alkanes) is 4. The zero-order valence-electron chi connectivity index (χ0n) is 23.4. The van der Waals surface area contributed by atoms with Gasteiger partial charge in [-0.2, -0.15) is 0 Å². The lowest BCUT2D eigenvalue weighted by Crippen LogP contribution is -2.59. The van der Waals surface area contributed by atoms with E-state index in [9.17, 15) is 0 Å². The molecule has 31 heavy (non-hydrogen) atoms. The first-order chi connectivity index (χ1) is 13.8. The van der Waals surface area contributed by atoms with Gasteiger partial charge in [0.15, 0.2) is 16.6 Å². The molecule has 0 rings (SSSR count). The van der Waals surface area contributed by atoms with Crippen LogP contribution in [0.2, 0.25) is 78.1 Å². The normalized spacial score (nSPS) is 16.9. The highest BCUT2D eigenvalue weighted by Crippen LogP contribution is 2.29. The summed E-state index contributed by atoms with van der Waals surface area (Å²) in [6, 6.07) is 1.07. The van der Waals surface area contributed by atoms with Crippen LogP contribution in [0.4, 0.5) is 0 Å². The van der Waals surface area contributed by atoms with Crippen LogP contribution in [-0.2, 0) is 16.5 Å². The van der Waals surface area contributed by atoms with Crippen molar-refractivity contribution in [1.82, 2.24) is 0 Å². The average Bonchev–Trinajstić information content (AvgIpc) is 2.47. The Morgan fingerprint density at radius 2 is 1.00 bits per heavy atom. The van der Waals surface area contributed by atoms with Crippen molar-refractivity contribution in [3.63, 3.8) is 0 Å². The molecule has 0 fully saturated rings. The van der Waals surface area contributed by atoms with Crippen LogP contribution in [0.3, 0.4) is 0 Å². The van der Waals surface area contributed by atoms with E-state index in [4.69, 9.17) is 16.5 Å². The Labute approximate surface area is 201 Å². The second-order valence-electron chi connectivity index (χ2n) is 12.4. The smallest absolute Gasteiger partial charge is 0.315 e. The van der Waals surface area contributed by atoms with E-state index in [2.05, 4.69) is 85.9 Å². The highest BCUT2D eigenvalue weighted by molar-refractivity contribution is 6.90. The van der Waals surface area contributed by atoms with Crippen LogP contribution in [0.1, 0.15) is 58.8 Å². The Morgan fingerprint density at radius 3 is 1.48 bits per heavy atom. The number of rotatable bonds is 17. The van der Waals surface area contributed by atoms with Crippen molar-refractivity contribution >= 4 is 42.3 Å². The Kier molecular flexibility index (Phi) is 13.5. The van der Waals surface area contributed by atoms with Crippen LogP contribution in [-0.4, -0.2) is 42.3 Å². The van der Waals surface area contributed by atoms with E-state index in [-0.39, 0.29) is 0 Å². The molecule has 0 saturated carbocycles. The predicted octanol–water partition coefficient (Wildman–Crippen LogP) is 8.58. The van der Waals surface area contributed by atoms with Crippen LogP contribution in [0, 0.1) is 5.92 Å². The molecule has 0 radical (unpaired) electrons. The van der Waals surface area contributed by atoms with Gasteiger partial charge in [0.05, 0.1) is 0 Å². The van der Waals surface area contributed by atoms with Gasteiger partial charge in [-0.15, -0.1) is 0 Å². The third kappa shape index (κ3) is 18.0. The molecule has 0 aromatic rings. The fourth-order valence-corrected chi connectivity index (χ4v) is 27.6. The van der Waals surface area contributed by atoms with Gasteiger partial charge in [0.1, 0.15) is 0 Å². The minimum absolute atomic E-state index is 0.874. The van der Waals surface area contributed by atoms with E-state index in [0.717, 1.165) is 12.0 Å². The van der Waals surface area contributed by atoms with Gasteiger partial charge in [-0.25, -0.2) is 0 Å². The third-order valence-corrected chi connectivity index (χ3v) is 22.5. The van der Waals surface area contributed by atoms with Crippen molar-refractivity contribution < 1.29 is 16.5 Å². The maximum absolute atomic E-state index is 6.86. The molecule has 0 amide bonds. The average molecular weight is 525 g/mol. The Hall–Kier alpha value is 0.924. The monoisotopic (exact) mass is 524 g/mol. The zero-order valence-corrected chi connectivity index (χ0v) is 28.4. The van der Waals surface area contributed by atoms with Gasteiger partial charge in [0, 0.05) is 0 Å². The van der Waals surface area contributed by atoms with Gasteiger partial charge in [-0.05, 0) is 84.0 Å². The maximum Gasteiger partial charge on any atom is 0.315 e. The highest BCUT2D eigenvalue weighted by Gasteiger charge is 2.46. The quantitative estimate of drug-likeness (QED) is 0.141. The molecule has 0 N–H and O–H groups in total. The van der Waals surface area contributed by atoms with Crippen LogP contribution in [0.25, 0.3) is 0 Å². The van der Waals surface area contributed by atoms with Crippen LogP contribution in [0.5, 0.6) is 0 Å². The molecule has 0 aromatic heterocycles.